The van der Waals surface area contributed by atoms with Gasteiger partial charge in [0.2, 0.25) is 0 Å². The summed E-state index contributed by atoms with van der Waals surface area (Å²) < 4.78 is 0. The fraction of sp³-hybridized carbons (Fsp3) is 0.769. The van der Waals surface area contributed by atoms with Gasteiger partial charge in [-0.15, -0.1) is 11.3 Å². The minimum atomic E-state index is 0.778. The van der Waals surface area contributed by atoms with Crippen LogP contribution in [0.4, 0.5) is 5.13 Å². The van der Waals surface area contributed by atoms with E-state index in [-0.39, 0.29) is 0 Å². The predicted octanol–water partition coefficient (Wildman–Crippen LogP) is 3.44. The van der Waals surface area contributed by atoms with Crippen molar-refractivity contribution < 1.29 is 0 Å². The lowest BCUT2D eigenvalue weighted by Crippen LogP contribution is -2.19. The zero-order chi connectivity index (χ0) is 12.7. The summed E-state index contributed by atoms with van der Waals surface area (Å²) in [6.07, 6.45) is 4.40. The Hall–Kier alpha value is -0.610. The lowest BCUT2D eigenvalue weighted by molar-refractivity contribution is 0.306. The molecule has 0 aliphatic heterocycles. The third-order valence-corrected chi connectivity index (χ3v) is 3.53. The van der Waals surface area contributed by atoms with E-state index in [2.05, 4.69) is 43.0 Å². The van der Waals surface area contributed by atoms with Crippen LogP contribution >= 0.6 is 11.3 Å². The van der Waals surface area contributed by atoms with E-state index >= 15 is 0 Å². The van der Waals surface area contributed by atoms with Crippen molar-refractivity contribution in [3.63, 3.8) is 0 Å². The molecule has 0 amide bonds. The number of hydrogen-bond donors (Lipinski definition) is 1. The summed E-state index contributed by atoms with van der Waals surface area (Å²) in [5.74, 6) is 0.778. The Balaban J connectivity index is 2.32. The van der Waals surface area contributed by atoms with Crippen molar-refractivity contribution in [2.75, 3.05) is 25.5 Å². The smallest absolute Gasteiger partial charge is 0.182 e. The van der Waals surface area contributed by atoms with Crippen LogP contribution in [-0.4, -0.2) is 30.0 Å². The van der Waals surface area contributed by atoms with Gasteiger partial charge in [0.15, 0.2) is 5.13 Å². The van der Waals surface area contributed by atoms with Gasteiger partial charge < -0.3 is 10.2 Å². The van der Waals surface area contributed by atoms with Crippen LogP contribution in [0.5, 0.6) is 0 Å². The van der Waals surface area contributed by atoms with Crippen LogP contribution < -0.4 is 5.32 Å². The fourth-order valence-electron chi connectivity index (χ4n) is 1.52. The van der Waals surface area contributed by atoms with Crippen LogP contribution in [0.15, 0.2) is 6.20 Å². The van der Waals surface area contributed by atoms with Gasteiger partial charge in [-0.2, -0.15) is 0 Å². The second kappa shape index (κ2) is 7.67. The van der Waals surface area contributed by atoms with E-state index in [0.29, 0.717) is 0 Å². The number of aromatic nitrogens is 1. The highest BCUT2D eigenvalue weighted by molar-refractivity contribution is 7.15. The van der Waals surface area contributed by atoms with E-state index in [4.69, 9.17) is 0 Å². The summed E-state index contributed by atoms with van der Waals surface area (Å²) in [5, 5.41) is 4.38. The van der Waals surface area contributed by atoms with Crippen LogP contribution in [-0.2, 0) is 6.54 Å². The second-order valence-electron chi connectivity index (χ2n) is 4.98. The van der Waals surface area contributed by atoms with E-state index in [9.17, 15) is 0 Å². The third kappa shape index (κ3) is 6.03. The fourth-order valence-corrected chi connectivity index (χ4v) is 2.44. The number of rotatable bonds is 8. The molecule has 0 fully saturated rings. The van der Waals surface area contributed by atoms with Gasteiger partial charge in [0.05, 0.1) is 0 Å². The van der Waals surface area contributed by atoms with Gasteiger partial charge in [-0.1, -0.05) is 20.8 Å². The van der Waals surface area contributed by atoms with Crippen LogP contribution in [0.2, 0.25) is 0 Å². The Morgan fingerprint density at radius 2 is 2.24 bits per heavy atom. The molecule has 0 aliphatic carbocycles. The first-order chi connectivity index (χ1) is 8.11. The maximum Gasteiger partial charge on any atom is 0.182 e. The molecule has 1 aromatic rings. The Labute approximate surface area is 109 Å². The molecule has 0 unspecified atom stereocenters. The van der Waals surface area contributed by atoms with Crippen molar-refractivity contribution in [2.24, 2.45) is 5.92 Å². The van der Waals surface area contributed by atoms with Gasteiger partial charge in [0, 0.05) is 24.2 Å². The lowest BCUT2D eigenvalue weighted by Gasteiger charge is -2.16. The van der Waals surface area contributed by atoms with Crippen LogP contribution in [0, 0.1) is 5.92 Å². The Morgan fingerprint density at radius 1 is 1.47 bits per heavy atom. The molecule has 0 bridgehead atoms. The molecule has 1 heterocycles. The molecule has 4 heteroatoms. The van der Waals surface area contributed by atoms with Crippen LogP contribution in [0.3, 0.4) is 0 Å². The van der Waals surface area contributed by atoms with Crippen molar-refractivity contribution in [2.45, 2.75) is 40.2 Å². The predicted molar refractivity (Wildman–Crippen MR) is 76.7 cm³/mol. The van der Waals surface area contributed by atoms with Gasteiger partial charge in [-0.05, 0) is 32.4 Å². The number of nitrogens with one attached hydrogen (secondary N) is 1. The molecule has 1 rings (SSSR count). The molecule has 3 nitrogen and oxygen atoms in total. The molecule has 0 aliphatic rings. The second-order valence-corrected chi connectivity index (χ2v) is 6.09. The zero-order valence-electron chi connectivity index (χ0n) is 11.5. The van der Waals surface area contributed by atoms with Gasteiger partial charge in [0.25, 0.3) is 0 Å². The van der Waals surface area contributed by atoms with Crippen molar-refractivity contribution in [3.8, 4) is 0 Å². The third-order valence-electron chi connectivity index (χ3n) is 2.59. The van der Waals surface area contributed by atoms with Crippen molar-refractivity contribution >= 4 is 16.5 Å². The Kier molecular flexibility index (Phi) is 6.52. The molecule has 0 spiro atoms. The highest BCUT2D eigenvalue weighted by Gasteiger charge is 2.05. The standard InChI is InChI=1S/C13H25N3S/c1-5-7-14-13-15-9-12(17-13)10-16(4)8-6-11(2)3/h9,11H,5-8,10H2,1-4H3,(H,14,15). The highest BCUT2D eigenvalue weighted by atomic mass is 32.1. The quantitative estimate of drug-likeness (QED) is 0.771. The molecule has 1 aromatic heterocycles. The minimum Gasteiger partial charge on any atom is -0.362 e. The average molecular weight is 255 g/mol. The Morgan fingerprint density at radius 3 is 2.88 bits per heavy atom. The number of hydrogen-bond acceptors (Lipinski definition) is 4. The maximum absolute atomic E-state index is 4.38. The van der Waals surface area contributed by atoms with Crippen LogP contribution in [0.25, 0.3) is 0 Å². The number of anilines is 1. The lowest BCUT2D eigenvalue weighted by atomic mass is 10.1. The highest BCUT2D eigenvalue weighted by Crippen LogP contribution is 2.19. The van der Waals surface area contributed by atoms with Crippen molar-refractivity contribution in [1.82, 2.24) is 9.88 Å². The first kappa shape index (κ1) is 14.5. The molecule has 0 saturated carbocycles. The molecule has 0 radical (unpaired) electrons. The summed E-state index contributed by atoms with van der Waals surface area (Å²) in [7, 11) is 2.18. The number of nitrogens with zero attached hydrogens (tertiary/aromatic N) is 2. The van der Waals surface area contributed by atoms with Gasteiger partial charge in [-0.25, -0.2) is 4.98 Å². The largest absolute Gasteiger partial charge is 0.362 e. The van der Waals surface area contributed by atoms with Gasteiger partial charge in [-0.3, -0.25) is 0 Å². The molecule has 1 N–H and O–H groups in total. The van der Waals surface area contributed by atoms with Gasteiger partial charge in [0.1, 0.15) is 0 Å². The summed E-state index contributed by atoms with van der Waals surface area (Å²) in [4.78, 5) is 8.10. The van der Waals surface area contributed by atoms with Crippen LogP contribution in [0.1, 0.15) is 38.5 Å². The molecule has 0 saturated heterocycles. The van der Waals surface area contributed by atoms with E-state index < -0.39 is 0 Å². The molecular weight excluding hydrogens is 230 g/mol. The summed E-state index contributed by atoms with van der Waals surface area (Å²) >= 11 is 1.77. The topological polar surface area (TPSA) is 28.2 Å². The monoisotopic (exact) mass is 255 g/mol. The van der Waals surface area contributed by atoms with Crippen molar-refractivity contribution in [1.29, 1.82) is 0 Å². The minimum absolute atomic E-state index is 0.778. The molecule has 17 heavy (non-hydrogen) atoms. The molecular formula is C13H25N3S. The van der Waals surface area contributed by atoms with Gasteiger partial charge >= 0.3 is 0 Å². The summed E-state index contributed by atoms with van der Waals surface area (Å²) in [6, 6.07) is 0. The van der Waals surface area contributed by atoms with E-state index in [1.54, 1.807) is 11.3 Å². The first-order valence-electron chi connectivity index (χ1n) is 6.49. The summed E-state index contributed by atoms with van der Waals surface area (Å²) in [6.45, 7) is 9.89. The molecule has 0 aromatic carbocycles. The van der Waals surface area contributed by atoms with E-state index in [1.807, 2.05) is 6.20 Å². The summed E-state index contributed by atoms with van der Waals surface area (Å²) in [5.41, 5.74) is 0. The molecule has 98 valence electrons. The normalized spacial score (nSPS) is 11.4. The van der Waals surface area contributed by atoms with Crippen molar-refractivity contribution in [3.05, 3.63) is 11.1 Å². The average Bonchev–Trinajstić information content (AvgIpc) is 2.71. The SMILES string of the molecule is CCCNc1ncc(CN(C)CCC(C)C)s1. The first-order valence-corrected chi connectivity index (χ1v) is 7.30. The number of thiazole rings is 1. The molecule has 0 atom stereocenters. The van der Waals surface area contributed by atoms with E-state index in [1.165, 1.54) is 11.3 Å². The Bertz CT molecular complexity index is 309. The van der Waals surface area contributed by atoms with E-state index in [0.717, 1.165) is 37.1 Å². The zero-order valence-corrected chi connectivity index (χ0v) is 12.3. The maximum atomic E-state index is 4.38.